The number of nitrogens with zero attached hydrogens (tertiary/aromatic N) is 1. The average Bonchev–Trinajstić information content (AvgIpc) is 2.59. The second kappa shape index (κ2) is 7.81. The Morgan fingerprint density at radius 3 is 2.89 bits per heavy atom. The molecule has 0 fully saturated rings. The van der Waals surface area contributed by atoms with Crippen LogP contribution in [0.4, 0.5) is 24.5 Å². The van der Waals surface area contributed by atoms with E-state index < -0.39 is 17.8 Å². The van der Waals surface area contributed by atoms with Crippen LogP contribution in [0.15, 0.2) is 40.4 Å². The molecule has 3 rings (SSSR count). The van der Waals surface area contributed by atoms with Crippen LogP contribution in [0, 0.1) is 6.92 Å². The fourth-order valence-electron chi connectivity index (χ4n) is 2.32. The molecule has 0 saturated heterocycles. The number of rotatable bonds is 4. The summed E-state index contributed by atoms with van der Waals surface area (Å²) in [5, 5.41) is 5.89. The van der Waals surface area contributed by atoms with Gasteiger partial charge in [0.25, 0.3) is 5.91 Å². The van der Waals surface area contributed by atoms with Crippen LogP contribution < -0.4 is 10.6 Å². The Labute approximate surface area is 161 Å². The molecule has 142 valence electrons. The van der Waals surface area contributed by atoms with E-state index in [-0.39, 0.29) is 17.2 Å². The fourth-order valence-corrected chi connectivity index (χ4v) is 3.80. The van der Waals surface area contributed by atoms with Gasteiger partial charge in [-0.25, -0.2) is 4.98 Å². The lowest BCUT2D eigenvalue weighted by Crippen LogP contribution is -2.21. The van der Waals surface area contributed by atoms with Gasteiger partial charge in [-0.1, -0.05) is 17.8 Å². The van der Waals surface area contributed by atoms with Crippen molar-refractivity contribution in [3.8, 4) is 0 Å². The Morgan fingerprint density at radius 2 is 2.15 bits per heavy atom. The van der Waals surface area contributed by atoms with Crippen molar-refractivity contribution in [2.75, 3.05) is 22.1 Å². The lowest BCUT2D eigenvalue weighted by Gasteiger charge is -2.16. The zero-order chi connectivity index (χ0) is 19.6. The molecule has 0 unspecified atom stereocenters. The molecule has 0 aliphatic carbocycles. The first kappa shape index (κ1) is 19.6. The van der Waals surface area contributed by atoms with Gasteiger partial charge in [0.15, 0.2) is 0 Å². The smallest absolute Gasteiger partial charge is 0.323 e. The summed E-state index contributed by atoms with van der Waals surface area (Å²) in [7, 11) is 0. The third-order valence-corrected chi connectivity index (χ3v) is 5.65. The van der Waals surface area contributed by atoms with E-state index in [0.29, 0.717) is 33.1 Å². The topological polar surface area (TPSA) is 71.1 Å². The maximum atomic E-state index is 12.5. The highest BCUT2D eigenvalue weighted by Gasteiger charge is 2.28. The number of aromatic nitrogens is 1. The molecule has 10 heteroatoms. The molecule has 1 aliphatic rings. The first-order valence-electron chi connectivity index (χ1n) is 7.75. The van der Waals surface area contributed by atoms with Gasteiger partial charge in [0.05, 0.1) is 28.4 Å². The van der Waals surface area contributed by atoms with Crippen molar-refractivity contribution in [1.29, 1.82) is 0 Å². The van der Waals surface area contributed by atoms with Gasteiger partial charge in [-0.05, 0) is 30.7 Å². The molecule has 0 saturated carbocycles. The highest BCUT2D eigenvalue weighted by molar-refractivity contribution is 8.00. The quantitative estimate of drug-likeness (QED) is 0.730. The Morgan fingerprint density at radius 1 is 1.37 bits per heavy atom. The molecule has 0 atom stereocenters. The molecular formula is C17H14F3N3O2S2. The van der Waals surface area contributed by atoms with Gasteiger partial charge in [0.1, 0.15) is 5.03 Å². The third-order valence-electron chi connectivity index (χ3n) is 3.50. The van der Waals surface area contributed by atoms with Crippen LogP contribution in [-0.4, -0.2) is 34.5 Å². The summed E-state index contributed by atoms with van der Waals surface area (Å²) in [6.45, 7) is 1.78. The van der Waals surface area contributed by atoms with Crippen LogP contribution in [-0.2, 0) is 4.79 Å². The number of aryl methyl sites for hydroxylation is 1. The summed E-state index contributed by atoms with van der Waals surface area (Å²) < 4.78 is 37.6. The van der Waals surface area contributed by atoms with Crippen molar-refractivity contribution in [2.45, 2.75) is 23.0 Å². The summed E-state index contributed by atoms with van der Waals surface area (Å²) in [4.78, 5) is 28.5. The van der Waals surface area contributed by atoms with E-state index in [2.05, 4.69) is 15.6 Å². The first-order chi connectivity index (χ1) is 12.7. The molecule has 2 N–H and O–H groups in total. The monoisotopic (exact) mass is 413 g/mol. The number of nitrogens with one attached hydrogen (secondary N) is 2. The number of alkyl halides is 3. The van der Waals surface area contributed by atoms with E-state index in [9.17, 15) is 22.8 Å². The molecular weight excluding hydrogens is 399 g/mol. The summed E-state index contributed by atoms with van der Waals surface area (Å²) in [5.74, 6) is -1.50. The van der Waals surface area contributed by atoms with Crippen molar-refractivity contribution < 1.29 is 22.8 Å². The maximum absolute atomic E-state index is 12.5. The zero-order valence-electron chi connectivity index (χ0n) is 14.0. The number of carbonyl (C=O) groups excluding carboxylic acids is 2. The number of fused-ring (bicyclic) bond motifs is 1. The number of pyridine rings is 1. The Bertz CT molecular complexity index is 903. The highest BCUT2D eigenvalue weighted by Crippen LogP contribution is 2.34. The zero-order valence-corrected chi connectivity index (χ0v) is 15.6. The summed E-state index contributed by atoms with van der Waals surface area (Å²) in [6, 6.07) is 6.34. The normalized spacial score (nSPS) is 13.7. The lowest BCUT2D eigenvalue weighted by molar-refractivity contribution is -0.114. The standard InChI is InChI=1S/C17H14F3N3O2S2/c1-9-2-3-13(27-8-17(18,19)20)11(4-9)23-15(25)10-5-12-16(21-6-10)26-7-14(24)22-12/h2-6H,7-8H2,1H3,(H,22,24)(H,23,25). The largest absolute Gasteiger partial charge is 0.398 e. The minimum Gasteiger partial charge on any atom is -0.323 e. The predicted molar refractivity (Wildman–Crippen MR) is 99.5 cm³/mol. The van der Waals surface area contributed by atoms with Gasteiger partial charge >= 0.3 is 6.18 Å². The highest BCUT2D eigenvalue weighted by atomic mass is 32.2. The molecule has 1 aromatic heterocycles. The van der Waals surface area contributed by atoms with Gasteiger partial charge in [-0.15, -0.1) is 11.8 Å². The van der Waals surface area contributed by atoms with E-state index in [0.717, 1.165) is 5.56 Å². The molecule has 0 radical (unpaired) electrons. The lowest BCUT2D eigenvalue weighted by atomic mass is 10.2. The Kier molecular flexibility index (Phi) is 5.66. The van der Waals surface area contributed by atoms with Crippen LogP contribution in [0.5, 0.6) is 0 Å². The summed E-state index contributed by atoms with van der Waals surface area (Å²) in [5.41, 5.74) is 1.74. The van der Waals surface area contributed by atoms with Crippen molar-refractivity contribution in [3.63, 3.8) is 0 Å². The van der Waals surface area contributed by atoms with E-state index in [4.69, 9.17) is 0 Å². The molecule has 2 amide bonds. The number of anilines is 2. The second-order valence-corrected chi connectivity index (χ2v) is 7.75. The minimum absolute atomic E-state index is 0.184. The van der Waals surface area contributed by atoms with Crippen molar-refractivity contribution >= 4 is 46.7 Å². The SMILES string of the molecule is Cc1ccc(SCC(F)(F)F)c(NC(=O)c2cnc3c(c2)NC(=O)CS3)c1. The summed E-state index contributed by atoms with van der Waals surface area (Å²) >= 11 is 1.88. The molecule has 2 heterocycles. The molecule has 5 nitrogen and oxygen atoms in total. The molecule has 1 aromatic carbocycles. The first-order valence-corrected chi connectivity index (χ1v) is 9.72. The van der Waals surface area contributed by atoms with E-state index >= 15 is 0 Å². The molecule has 27 heavy (non-hydrogen) atoms. The number of hydrogen-bond acceptors (Lipinski definition) is 5. The van der Waals surface area contributed by atoms with Crippen LogP contribution in [0.3, 0.4) is 0 Å². The number of thioether (sulfide) groups is 2. The Hall–Kier alpha value is -2.20. The maximum Gasteiger partial charge on any atom is 0.398 e. The molecule has 2 aromatic rings. The molecule has 0 bridgehead atoms. The van der Waals surface area contributed by atoms with Crippen molar-refractivity contribution in [3.05, 3.63) is 41.6 Å². The van der Waals surface area contributed by atoms with E-state index in [1.165, 1.54) is 24.0 Å². The van der Waals surface area contributed by atoms with Crippen LogP contribution in [0.2, 0.25) is 0 Å². The predicted octanol–water partition coefficient (Wildman–Crippen LogP) is 4.34. The number of halogens is 3. The number of benzene rings is 1. The number of hydrogen-bond donors (Lipinski definition) is 2. The molecule has 1 aliphatic heterocycles. The van der Waals surface area contributed by atoms with Gasteiger partial charge in [-0.2, -0.15) is 13.2 Å². The number of amides is 2. The minimum atomic E-state index is -4.31. The van der Waals surface area contributed by atoms with E-state index in [1.54, 1.807) is 25.1 Å². The third kappa shape index (κ3) is 5.16. The van der Waals surface area contributed by atoms with Gasteiger partial charge in [0, 0.05) is 11.1 Å². The van der Waals surface area contributed by atoms with Gasteiger partial charge in [-0.3, -0.25) is 9.59 Å². The van der Waals surface area contributed by atoms with Gasteiger partial charge in [0.2, 0.25) is 5.91 Å². The van der Waals surface area contributed by atoms with Gasteiger partial charge < -0.3 is 10.6 Å². The fraction of sp³-hybridized carbons (Fsp3) is 0.235. The van der Waals surface area contributed by atoms with Crippen molar-refractivity contribution in [2.24, 2.45) is 0 Å². The average molecular weight is 413 g/mol. The Balaban J connectivity index is 1.80. The molecule has 0 spiro atoms. The van der Waals surface area contributed by atoms with Crippen LogP contribution in [0.25, 0.3) is 0 Å². The number of carbonyl (C=O) groups is 2. The summed E-state index contributed by atoms with van der Waals surface area (Å²) in [6.07, 6.45) is -2.94. The second-order valence-electron chi connectivity index (χ2n) is 5.77. The van der Waals surface area contributed by atoms with Crippen LogP contribution in [0.1, 0.15) is 15.9 Å². The van der Waals surface area contributed by atoms with E-state index in [1.807, 2.05) is 0 Å². The van der Waals surface area contributed by atoms with Crippen LogP contribution >= 0.6 is 23.5 Å². The van der Waals surface area contributed by atoms with Crippen molar-refractivity contribution in [1.82, 2.24) is 4.98 Å².